The van der Waals surface area contributed by atoms with Crippen LogP contribution in [0, 0.1) is 17.1 Å². The summed E-state index contributed by atoms with van der Waals surface area (Å²) < 4.78 is 15.3. The number of halogens is 2. The predicted octanol–water partition coefficient (Wildman–Crippen LogP) is 3.78. The zero-order valence-electron chi connectivity index (χ0n) is 18.7. The lowest BCUT2D eigenvalue weighted by Crippen LogP contribution is -2.51. The first-order valence-corrected chi connectivity index (χ1v) is 11.6. The van der Waals surface area contributed by atoms with Crippen molar-refractivity contribution in [3.05, 3.63) is 75.7 Å². The Morgan fingerprint density at radius 1 is 1.17 bits per heavy atom. The van der Waals surface area contributed by atoms with Crippen LogP contribution < -0.4 is 11.1 Å². The van der Waals surface area contributed by atoms with Crippen molar-refractivity contribution in [2.75, 3.05) is 6.54 Å². The molecule has 0 radical (unpaired) electrons. The molecule has 2 aromatic carbocycles. The lowest BCUT2D eigenvalue weighted by Gasteiger charge is -2.38. The van der Waals surface area contributed by atoms with Crippen molar-refractivity contribution in [2.24, 2.45) is 5.73 Å². The van der Waals surface area contributed by atoms with Gasteiger partial charge in [-0.15, -0.1) is 0 Å². The van der Waals surface area contributed by atoms with Gasteiger partial charge < -0.3 is 16.0 Å². The van der Waals surface area contributed by atoms with Crippen LogP contribution in [0.4, 0.5) is 9.18 Å². The number of benzene rings is 2. The van der Waals surface area contributed by atoms with Crippen molar-refractivity contribution in [2.45, 2.75) is 37.9 Å². The summed E-state index contributed by atoms with van der Waals surface area (Å²) in [5.41, 5.74) is 9.01. The number of nitrogens with two attached hydrogens (primary N) is 1. The molecule has 0 spiro atoms. The Kier molecular flexibility index (Phi) is 5.91. The highest BCUT2D eigenvalue weighted by molar-refractivity contribution is 6.31. The lowest BCUT2D eigenvalue weighted by molar-refractivity contribution is 0.0997. The summed E-state index contributed by atoms with van der Waals surface area (Å²) in [4.78, 5) is 26.9. The van der Waals surface area contributed by atoms with Crippen LogP contribution in [0.3, 0.4) is 0 Å². The van der Waals surface area contributed by atoms with E-state index in [0.29, 0.717) is 41.5 Å². The third-order valence-electron chi connectivity index (χ3n) is 6.68. The number of nitrogens with zero attached hydrogens (tertiary/aromatic N) is 4. The SMILES string of the molecule is N#Cc1ccc([C@H]2C[C@H](NC(=O)N3CCn4nc(-c5ccc(F)c(Cl)c5)c(C(N)=O)c4C3)C2)cc1. The number of hydrogen-bond donors (Lipinski definition) is 2. The molecule has 0 saturated heterocycles. The minimum absolute atomic E-state index is 0.0579. The fourth-order valence-electron chi connectivity index (χ4n) is 4.70. The molecule has 35 heavy (non-hydrogen) atoms. The van der Waals surface area contributed by atoms with Gasteiger partial charge in [0.15, 0.2) is 0 Å². The van der Waals surface area contributed by atoms with Crippen LogP contribution in [0.1, 0.15) is 45.9 Å². The third-order valence-corrected chi connectivity index (χ3v) is 6.97. The molecule has 1 saturated carbocycles. The van der Waals surface area contributed by atoms with E-state index in [1.165, 1.54) is 18.2 Å². The Morgan fingerprint density at radius 3 is 2.57 bits per heavy atom. The van der Waals surface area contributed by atoms with Gasteiger partial charge in [-0.1, -0.05) is 23.7 Å². The molecule has 0 unspecified atom stereocenters. The minimum Gasteiger partial charge on any atom is -0.365 e. The van der Waals surface area contributed by atoms with E-state index in [1.54, 1.807) is 9.58 Å². The van der Waals surface area contributed by atoms with E-state index in [9.17, 15) is 14.0 Å². The topological polar surface area (TPSA) is 117 Å². The molecule has 0 bridgehead atoms. The molecular formula is C25H22ClFN6O2. The summed E-state index contributed by atoms with van der Waals surface area (Å²) >= 11 is 5.92. The average Bonchev–Trinajstić information content (AvgIpc) is 3.22. The van der Waals surface area contributed by atoms with Gasteiger partial charge in [0.1, 0.15) is 11.5 Å². The molecule has 0 atom stereocenters. The monoisotopic (exact) mass is 492 g/mol. The first-order chi connectivity index (χ1) is 16.8. The molecule has 8 nitrogen and oxygen atoms in total. The molecule has 3 amide bonds. The van der Waals surface area contributed by atoms with Gasteiger partial charge in [0.2, 0.25) is 0 Å². The van der Waals surface area contributed by atoms with E-state index in [-0.39, 0.29) is 29.2 Å². The Labute approximate surface area is 206 Å². The van der Waals surface area contributed by atoms with Gasteiger partial charge in [0.25, 0.3) is 5.91 Å². The van der Waals surface area contributed by atoms with Gasteiger partial charge in [-0.05, 0) is 54.7 Å². The number of nitriles is 1. The summed E-state index contributed by atoms with van der Waals surface area (Å²) in [6.45, 7) is 1.00. The molecule has 1 aliphatic heterocycles. The molecular weight excluding hydrogens is 471 g/mol. The molecule has 2 heterocycles. The third kappa shape index (κ3) is 4.33. The minimum atomic E-state index is -0.673. The largest absolute Gasteiger partial charge is 0.365 e. The van der Waals surface area contributed by atoms with Gasteiger partial charge in [-0.25, -0.2) is 9.18 Å². The van der Waals surface area contributed by atoms with Crippen molar-refractivity contribution in [1.29, 1.82) is 5.26 Å². The maximum Gasteiger partial charge on any atom is 0.318 e. The normalized spacial score (nSPS) is 18.8. The summed E-state index contributed by atoms with van der Waals surface area (Å²) in [6.07, 6.45) is 1.65. The van der Waals surface area contributed by atoms with E-state index in [1.807, 2.05) is 24.3 Å². The number of fused-ring (bicyclic) bond motifs is 1. The summed E-state index contributed by atoms with van der Waals surface area (Å²) in [5.74, 6) is -0.893. The Bertz CT molecular complexity index is 1360. The maximum atomic E-state index is 13.6. The molecule has 178 valence electrons. The second kappa shape index (κ2) is 9.04. The lowest BCUT2D eigenvalue weighted by atomic mass is 9.76. The second-order valence-electron chi connectivity index (χ2n) is 8.86. The number of urea groups is 1. The van der Waals surface area contributed by atoms with Crippen molar-refractivity contribution < 1.29 is 14.0 Å². The number of carbonyl (C=O) groups excluding carboxylic acids is 2. The van der Waals surface area contributed by atoms with Crippen molar-refractivity contribution in [1.82, 2.24) is 20.0 Å². The van der Waals surface area contributed by atoms with Crippen LogP contribution in [-0.4, -0.2) is 39.2 Å². The van der Waals surface area contributed by atoms with Gasteiger partial charge in [0, 0.05) is 18.2 Å². The van der Waals surface area contributed by atoms with E-state index in [0.717, 1.165) is 18.4 Å². The van der Waals surface area contributed by atoms with Crippen LogP contribution in [-0.2, 0) is 13.1 Å². The number of carbonyl (C=O) groups is 2. The summed E-state index contributed by atoms with van der Waals surface area (Å²) in [6, 6.07) is 13.6. The zero-order valence-corrected chi connectivity index (χ0v) is 19.4. The van der Waals surface area contributed by atoms with Gasteiger partial charge in [0.05, 0.1) is 41.0 Å². The number of rotatable bonds is 4. The van der Waals surface area contributed by atoms with Crippen LogP contribution in [0.5, 0.6) is 0 Å². The van der Waals surface area contributed by atoms with E-state index < -0.39 is 11.7 Å². The number of hydrogen-bond acceptors (Lipinski definition) is 4. The van der Waals surface area contributed by atoms with Crippen LogP contribution in [0.15, 0.2) is 42.5 Å². The van der Waals surface area contributed by atoms with E-state index in [2.05, 4.69) is 16.5 Å². The predicted molar refractivity (Wildman–Crippen MR) is 127 cm³/mol. The molecule has 5 rings (SSSR count). The summed E-state index contributed by atoms with van der Waals surface area (Å²) in [7, 11) is 0. The first-order valence-electron chi connectivity index (χ1n) is 11.2. The molecule has 3 N–H and O–H groups in total. The van der Waals surface area contributed by atoms with Crippen LogP contribution >= 0.6 is 11.6 Å². The number of primary amides is 1. The number of amides is 3. The smallest absolute Gasteiger partial charge is 0.318 e. The molecule has 1 fully saturated rings. The average molecular weight is 493 g/mol. The second-order valence-corrected chi connectivity index (χ2v) is 9.26. The molecule has 10 heteroatoms. The molecule has 1 aromatic heterocycles. The highest BCUT2D eigenvalue weighted by Gasteiger charge is 2.34. The Morgan fingerprint density at radius 2 is 1.91 bits per heavy atom. The summed E-state index contributed by atoms with van der Waals surface area (Å²) in [5, 5.41) is 16.4. The fourth-order valence-corrected chi connectivity index (χ4v) is 4.88. The maximum absolute atomic E-state index is 13.6. The van der Waals surface area contributed by atoms with Crippen LogP contribution in [0.25, 0.3) is 11.3 Å². The van der Waals surface area contributed by atoms with E-state index in [4.69, 9.17) is 22.6 Å². The quantitative estimate of drug-likeness (QED) is 0.576. The van der Waals surface area contributed by atoms with Crippen molar-refractivity contribution >= 4 is 23.5 Å². The molecule has 2 aliphatic rings. The van der Waals surface area contributed by atoms with Crippen molar-refractivity contribution in [3.63, 3.8) is 0 Å². The van der Waals surface area contributed by atoms with Gasteiger partial charge in [-0.2, -0.15) is 10.4 Å². The van der Waals surface area contributed by atoms with Crippen LogP contribution in [0.2, 0.25) is 5.02 Å². The highest BCUT2D eigenvalue weighted by Crippen LogP contribution is 2.37. The Hall–Kier alpha value is -3.90. The molecule has 1 aliphatic carbocycles. The fraction of sp³-hybridized carbons (Fsp3) is 0.280. The molecule has 3 aromatic rings. The highest BCUT2D eigenvalue weighted by atomic mass is 35.5. The number of aromatic nitrogens is 2. The van der Waals surface area contributed by atoms with E-state index >= 15 is 0 Å². The Balaban J connectivity index is 1.27. The van der Waals surface area contributed by atoms with Gasteiger partial charge in [-0.3, -0.25) is 9.48 Å². The first kappa shape index (κ1) is 22.9. The standard InChI is InChI=1S/C25H22ClFN6O2/c26-19-11-16(5-6-20(19)27)23-22(24(29)34)21-13-32(7-8-33(21)31-23)25(35)30-18-9-17(10-18)15-3-1-14(12-28)2-4-15/h1-6,11,17-18H,7-10,13H2,(H2,29,34)(H,30,35)/t17-,18-. The zero-order chi connectivity index (χ0) is 24.7. The van der Waals surface area contributed by atoms with Gasteiger partial charge >= 0.3 is 6.03 Å². The van der Waals surface area contributed by atoms with Crippen molar-refractivity contribution in [3.8, 4) is 17.3 Å². The number of nitrogens with one attached hydrogen (secondary N) is 1.